The molecule has 0 spiro atoms. The quantitative estimate of drug-likeness (QED) is 0.845. The van der Waals surface area contributed by atoms with Crippen molar-refractivity contribution in [2.75, 3.05) is 0 Å². The number of aliphatic hydroxyl groups is 1. The first-order valence-electron chi connectivity index (χ1n) is 4.17. The topological polar surface area (TPSA) is 33.1 Å². The average molecular weight is 351 g/mol. The van der Waals surface area contributed by atoms with E-state index in [1.807, 2.05) is 18.2 Å². The summed E-state index contributed by atoms with van der Waals surface area (Å²) in [5.74, 6) is 0. The fourth-order valence-electron chi connectivity index (χ4n) is 1.33. The number of halogens is 3. The second-order valence-electron chi connectivity index (χ2n) is 3.01. The van der Waals surface area contributed by atoms with E-state index in [9.17, 15) is 0 Å². The van der Waals surface area contributed by atoms with Crippen molar-refractivity contribution in [3.05, 3.63) is 37.9 Å². The molecule has 0 bridgehead atoms. The van der Waals surface area contributed by atoms with E-state index in [-0.39, 0.29) is 6.61 Å². The maximum atomic E-state index is 9.09. The van der Waals surface area contributed by atoms with Gasteiger partial charge in [-0.25, -0.2) is 4.98 Å². The van der Waals surface area contributed by atoms with Gasteiger partial charge >= 0.3 is 0 Å². The van der Waals surface area contributed by atoms with E-state index in [0.29, 0.717) is 10.7 Å². The molecule has 0 unspecified atom stereocenters. The molecular formula is C10H6Br2ClNO. The Morgan fingerprint density at radius 3 is 2.73 bits per heavy atom. The van der Waals surface area contributed by atoms with Crippen LogP contribution in [0.1, 0.15) is 5.69 Å². The van der Waals surface area contributed by atoms with Gasteiger partial charge in [0.25, 0.3) is 0 Å². The minimum absolute atomic E-state index is 0.167. The van der Waals surface area contributed by atoms with E-state index in [0.717, 1.165) is 19.8 Å². The number of pyridine rings is 1. The lowest BCUT2D eigenvalue weighted by Crippen LogP contribution is -1.93. The highest BCUT2D eigenvalue weighted by Crippen LogP contribution is 2.33. The van der Waals surface area contributed by atoms with Gasteiger partial charge in [-0.1, -0.05) is 33.6 Å². The molecule has 0 aliphatic heterocycles. The van der Waals surface area contributed by atoms with Crippen LogP contribution < -0.4 is 0 Å². The van der Waals surface area contributed by atoms with Crippen LogP contribution in [0.25, 0.3) is 10.9 Å². The average Bonchev–Trinajstić information content (AvgIpc) is 2.23. The number of hydrogen-bond donors (Lipinski definition) is 1. The normalized spacial score (nSPS) is 10.9. The minimum atomic E-state index is -0.167. The predicted octanol–water partition coefficient (Wildman–Crippen LogP) is 3.91. The summed E-state index contributed by atoms with van der Waals surface area (Å²) >= 11 is 12.8. The standard InChI is InChI=1S/C10H6Br2ClNO/c11-5-1-2-6-7(3-5)14-8(4-15)10(13)9(6)12/h1-3,15H,4H2. The first-order valence-corrected chi connectivity index (χ1v) is 6.14. The van der Waals surface area contributed by atoms with Gasteiger partial charge in [-0.3, -0.25) is 0 Å². The third kappa shape index (κ3) is 2.04. The SMILES string of the molecule is OCc1nc2cc(Br)ccc2c(Br)c1Cl. The molecule has 0 saturated carbocycles. The molecule has 0 amide bonds. The van der Waals surface area contributed by atoms with Crippen LogP contribution in [0.15, 0.2) is 27.1 Å². The predicted molar refractivity (Wildman–Crippen MR) is 68.1 cm³/mol. The molecule has 2 nitrogen and oxygen atoms in total. The first kappa shape index (κ1) is 11.3. The van der Waals surface area contributed by atoms with Gasteiger partial charge in [0.1, 0.15) is 0 Å². The summed E-state index contributed by atoms with van der Waals surface area (Å²) in [5.41, 5.74) is 1.28. The Hall–Kier alpha value is -0.160. The highest BCUT2D eigenvalue weighted by molar-refractivity contribution is 9.11. The maximum Gasteiger partial charge on any atom is 0.0868 e. The highest BCUT2D eigenvalue weighted by atomic mass is 79.9. The number of fused-ring (bicyclic) bond motifs is 1. The third-order valence-corrected chi connectivity index (χ3v) is 4.00. The van der Waals surface area contributed by atoms with Crippen molar-refractivity contribution in [2.45, 2.75) is 6.61 Å². The number of aromatic nitrogens is 1. The second-order valence-corrected chi connectivity index (χ2v) is 5.09. The number of hydrogen-bond acceptors (Lipinski definition) is 2. The molecule has 0 aliphatic rings. The molecular weight excluding hydrogens is 345 g/mol. The van der Waals surface area contributed by atoms with Gasteiger partial charge < -0.3 is 5.11 Å². The number of nitrogens with zero attached hydrogens (tertiary/aromatic N) is 1. The molecule has 1 N–H and O–H groups in total. The molecule has 2 rings (SSSR count). The Labute approximate surface area is 109 Å². The van der Waals surface area contributed by atoms with E-state index < -0.39 is 0 Å². The summed E-state index contributed by atoms with van der Waals surface area (Å²) in [6, 6.07) is 5.73. The zero-order valence-corrected chi connectivity index (χ0v) is 11.4. The van der Waals surface area contributed by atoms with Crippen molar-refractivity contribution in [3.8, 4) is 0 Å². The minimum Gasteiger partial charge on any atom is -0.390 e. The van der Waals surface area contributed by atoms with Gasteiger partial charge in [0.15, 0.2) is 0 Å². The zero-order chi connectivity index (χ0) is 11.0. The Morgan fingerprint density at radius 2 is 2.07 bits per heavy atom. The van der Waals surface area contributed by atoms with Gasteiger partial charge in [0, 0.05) is 14.3 Å². The van der Waals surface area contributed by atoms with Crippen molar-refractivity contribution < 1.29 is 5.11 Å². The second kappa shape index (κ2) is 4.37. The lowest BCUT2D eigenvalue weighted by molar-refractivity contribution is 0.277. The highest BCUT2D eigenvalue weighted by Gasteiger charge is 2.10. The molecule has 78 valence electrons. The van der Waals surface area contributed by atoms with E-state index in [2.05, 4.69) is 36.8 Å². The van der Waals surface area contributed by atoms with Crippen LogP contribution in [0.5, 0.6) is 0 Å². The summed E-state index contributed by atoms with van der Waals surface area (Å²) in [6.07, 6.45) is 0. The van der Waals surface area contributed by atoms with E-state index in [4.69, 9.17) is 16.7 Å². The molecule has 1 heterocycles. The van der Waals surface area contributed by atoms with Gasteiger partial charge in [-0.15, -0.1) is 0 Å². The van der Waals surface area contributed by atoms with Crippen LogP contribution in [-0.2, 0) is 6.61 Å². The molecule has 1 aromatic carbocycles. The fraction of sp³-hybridized carbons (Fsp3) is 0.100. The summed E-state index contributed by atoms with van der Waals surface area (Å²) in [6.45, 7) is -0.167. The van der Waals surface area contributed by atoms with Crippen molar-refractivity contribution in [1.29, 1.82) is 0 Å². The number of rotatable bonds is 1. The summed E-state index contributed by atoms with van der Waals surface area (Å²) in [5, 5.41) is 10.5. The molecule has 0 atom stereocenters. The Kier molecular flexibility index (Phi) is 3.30. The maximum absolute atomic E-state index is 9.09. The Morgan fingerprint density at radius 1 is 1.33 bits per heavy atom. The van der Waals surface area contributed by atoms with Crippen molar-refractivity contribution in [3.63, 3.8) is 0 Å². The third-order valence-electron chi connectivity index (χ3n) is 2.05. The summed E-state index contributed by atoms with van der Waals surface area (Å²) < 4.78 is 1.71. The molecule has 0 saturated heterocycles. The monoisotopic (exact) mass is 349 g/mol. The number of aliphatic hydroxyl groups excluding tert-OH is 1. The molecule has 0 fully saturated rings. The van der Waals surface area contributed by atoms with Crippen molar-refractivity contribution in [1.82, 2.24) is 4.98 Å². The smallest absolute Gasteiger partial charge is 0.0868 e. The lowest BCUT2D eigenvalue weighted by Gasteiger charge is -2.07. The van der Waals surface area contributed by atoms with Gasteiger partial charge in [-0.05, 0) is 28.1 Å². The molecule has 5 heteroatoms. The van der Waals surface area contributed by atoms with Gasteiger partial charge in [0.05, 0.1) is 22.8 Å². The Bertz CT molecular complexity index is 530. The van der Waals surface area contributed by atoms with Crippen molar-refractivity contribution >= 4 is 54.4 Å². The summed E-state index contributed by atoms with van der Waals surface area (Å²) in [4.78, 5) is 4.27. The summed E-state index contributed by atoms with van der Waals surface area (Å²) in [7, 11) is 0. The van der Waals surface area contributed by atoms with Crippen LogP contribution >= 0.6 is 43.5 Å². The van der Waals surface area contributed by atoms with E-state index in [1.54, 1.807) is 0 Å². The van der Waals surface area contributed by atoms with Crippen LogP contribution in [0.4, 0.5) is 0 Å². The first-order chi connectivity index (χ1) is 7.13. The number of benzene rings is 1. The molecule has 0 aliphatic carbocycles. The fourth-order valence-corrected chi connectivity index (χ4v) is 2.44. The molecule has 2 aromatic rings. The van der Waals surface area contributed by atoms with Crippen LogP contribution in [0.3, 0.4) is 0 Å². The van der Waals surface area contributed by atoms with Crippen molar-refractivity contribution in [2.24, 2.45) is 0 Å². The molecule has 1 aromatic heterocycles. The Balaban J connectivity index is 2.84. The van der Waals surface area contributed by atoms with Gasteiger partial charge in [0.2, 0.25) is 0 Å². The molecule has 15 heavy (non-hydrogen) atoms. The van der Waals surface area contributed by atoms with Crippen LogP contribution in [0.2, 0.25) is 5.02 Å². The van der Waals surface area contributed by atoms with E-state index in [1.165, 1.54) is 0 Å². The molecule has 0 radical (unpaired) electrons. The van der Waals surface area contributed by atoms with Gasteiger partial charge in [-0.2, -0.15) is 0 Å². The largest absolute Gasteiger partial charge is 0.390 e. The zero-order valence-electron chi connectivity index (χ0n) is 7.47. The van der Waals surface area contributed by atoms with Crippen LogP contribution in [0, 0.1) is 0 Å². The van der Waals surface area contributed by atoms with Crippen LogP contribution in [-0.4, -0.2) is 10.1 Å². The van der Waals surface area contributed by atoms with E-state index >= 15 is 0 Å². The lowest BCUT2D eigenvalue weighted by atomic mass is 10.2.